The van der Waals surface area contributed by atoms with Gasteiger partial charge in [0, 0.05) is 6.04 Å². The normalized spacial score (nSPS) is 12.4. The Morgan fingerprint density at radius 2 is 1.93 bits per heavy atom. The van der Waals surface area contributed by atoms with Crippen molar-refractivity contribution in [3.63, 3.8) is 0 Å². The number of nitrogens with zero attached hydrogens (tertiary/aromatic N) is 1. The Morgan fingerprint density at radius 1 is 1.33 bits per heavy atom. The molecule has 78 valence electrons. The van der Waals surface area contributed by atoms with Crippen molar-refractivity contribution < 1.29 is 28.8 Å². The summed E-state index contributed by atoms with van der Waals surface area (Å²) < 4.78 is 21.7. The summed E-state index contributed by atoms with van der Waals surface area (Å²) in [6.45, 7) is 0. The van der Waals surface area contributed by atoms with E-state index >= 15 is 0 Å². The zero-order valence-electron chi connectivity index (χ0n) is 9.97. The SMILES string of the molecule is [2H]c1c([2H])c(C(=O)O)c(C(=O)O)c([N+](=O)[O-])c1[2H]. The van der Waals surface area contributed by atoms with Crippen LogP contribution in [0.4, 0.5) is 5.69 Å². The molecule has 0 radical (unpaired) electrons. The fourth-order valence-electron chi connectivity index (χ4n) is 0.902. The van der Waals surface area contributed by atoms with Crippen LogP contribution in [0.15, 0.2) is 18.1 Å². The van der Waals surface area contributed by atoms with Crippen molar-refractivity contribution >= 4 is 17.6 Å². The number of rotatable bonds is 3. The third kappa shape index (κ3) is 1.90. The molecule has 0 unspecified atom stereocenters. The van der Waals surface area contributed by atoms with E-state index in [1.807, 2.05) is 0 Å². The van der Waals surface area contributed by atoms with Gasteiger partial charge in [-0.25, -0.2) is 9.59 Å². The van der Waals surface area contributed by atoms with Crippen LogP contribution in [-0.4, -0.2) is 27.1 Å². The molecule has 1 aromatic carbocycles. The van der Waals surface area contributed by atoms with E-state index in [4.69, 9.17) is 14.3 Å². The Balaban J connectivity index is 3.99. The van der Waals surface area contributed by atoms with E-state index in [2.05, 4.69) is 0 Å². The average molecular weight is 214 g/mol. The molecule has 0 saturated heterocycles. The highest BCUT2D eigenvalue weighted by atomic mass is 16.6. The van der Waals surface area contributed by atoms with Gasteiger partial charge in [0.05, 0.1) is 14.6 Å². The van der Waals surface area contributed by atoms with Crippen LogP contribution in [0.25, 0.3) is 0 Å². The lowest BCUT2D eigenvalue weighted by atomic mass is 10.1. The van der Waals surface area contributed by atoms with Crippen molar-refractivity contribution in [3.05, 3.63) is 39.4 Å². The lowest BCUT2D eigenvalue weighted by molar-refractivity contribution is -0.385. The molecular weight excluding hydrogens is 206 g/mol. The van der Waals surface area contributed by atoms with E-state index in [-0.39, 0.29) is 0 Å². The maximum absolute atomic E-state index is 10.9. The van der Waals surface area contributed by atoms with Crippen LogP contribution in [-0.2, 0) is 0 Å². The minimum Gasteiger partial charge on any atom is -0.478 e. The minimum atomic E-state index is -1.94. The predicted molar refractivity (Wildman–Crippen MR) is 47.0 cm³/mol. The first kappa shape index (κ1) is 6.93. The third-order valence-electron chi connectivity index (χ3n) is 1.47. The van der Waals surface area contributed by atoms with Gasteiger partial charge in [-0.05, 0) is 6.04 Å². The number of aromatic carboxylic acids is 2. The van der Waals surface area contributed by atoms with Crippen molar-refractivity contribution in [3.8, 4) is 0 Å². The molecule has 15 heavy (non-hydrogen) atoms. The Bertz CT molecular complexity index is 544. The molecule has 0 fully saturated rings. The van der Waals surface area contributed by atoms with Crippen LogP contribution in [0.5, 0.6) is 0 Å². The van der Waals surface area contributed by atoms with Gasteiger partial charge in [-0.1, -0.05) is 6.04 Å². The highest BCUT2D eigenvalue weighted by Crippen LogP contribution is 2.22. The largest absolute Gasteiger partial charge is 0.478 e. The molecule has 2 N–H and O–H groups in total. The van der Waals surface area contributed by atoms with Crippen LogP contribution in [0.3, 0.4) is 0 Å². The van der Waals surface area contributed by atoms with Crippen LogP contribution in [0.2, 0.25) is 0 Å². The van der Waals surface area contributed by atoms with Crippen LogP contribution < -0.4 is 0 Å². The number of carbonyl (C=O) groups is 2. The Labute approximate surface area is 86.9 Å². The maximum atomic E-state index is 10.9. The molecule has 0 amide bonds. The van der Waals surface area contributed by atoms with Gasteiger partial charge in [0.15, 0.2) is 5.56 Å². The second-order valence-electron chi connectivity index (χ2n) is 2.34. The van der Waals surface area contributed by atoms with Crippen molar-refractivity contribution in [2.45, 2.75) is 0 Å². The molecular formula is C8H5NO6. The van der Waals surface area contributed by atoms with E-state index < -0.39 is 51.8 Å². The fraction of sp³-hybridized carbons (Fsp3) is 0. The van der Waals surface area contributed by atoms with Crippen LogP contribution in [0, 0.1) is 10.1 Å². The Morgan fingerprint density at radius 3 is 2.33 bits per heavy atom. The second-order valence-corrected chi connectivity index (χ2v) is 2.34. The number of benzene rings is 1. The topological polar surface area (TPSA) is 118 Å². The average Bonchev–Trinajstić information content (AvgIpc) is 2.23. The van der Waals surface area contributed by atoms with Crippen LogP contribution in [0.1, 0.15) is 24.8 Å². The summed E-state index contributed by atoms with van der Waals surface area (Å²) in [5.74, 6) is -3.82. The molecule has 0 bridgehead atoms. The molecule has 0 atom stereocenters. The van der Waals surface area contributed by atoms with Gasteiger partial charge < -0.3 is 10.2 Å². The predicted octanol–water partition coefficient (Wildman–Crippen LogP) is 0.991. The highest BCUT2D eigenvalue weighted by Gasteiger charge is 2.26. The summed E-state index contributed by atoms with van der Waals surface area (Å²) in [4.78, 5) is 31.1. The molecule has 0 heterocycles. The first-order valence-electron chi connectivity index (χ1n) is 4.94. The lowest BCUT2D eigenvalue weighted by Gasteiger charge is -2.01. The van der Waals surface area contributed by atoms with Gasteiger partial charge in [0.1, 0.15) is 0 Å². The van der Waals surface area contributed by atoms with Crippen molar-refractivity contribution in [2.24, 2.45) is 0 Å². The van der Waals surface area contributed by atoms with Crippen molar-refractivity contribution in [1.82, 2.24) is 0 Å². The molecule has 0 aliphatic rings. The summed E-state index contributed by atoms with van der Waals surface area (Å²) in [7, 11) is 0. The Hall–Kier alpha value is -2.44. The van der Waals surface area contributed by atoms with Crippen molar-refractivity contribution in [2.75, 3.05) is 0 Å². The quantitative estimate of drug-likeness (QED) is 0.572. The summed E-state index contributed by atoms with van der Waals surface area (Å²) in [5, 5.41) is 28.2. The van der Waals surface area contributed by atoms with E-state index in [9.17, 15) is 19.7 Å². The van der Waals surface area contributed by atoms with Gasteiger partial charge in [0.2, 0.25) is 0 Å². The first-order chi connectivity index (χ1) is 8.20. The van der Waals surface area contributed by atoms with Crippen LogP contribution >= 0.6 is 0 Å². The molecule has 7 heteroatoms. The summed E-state index contributed by atoms with van der Waals surface area (Å²) in [6, 6.07) is -3.16. The van der Waals surface area contributed by atoms with Crippen molar-refractivity contribution in [1.29, 1.82) is 0 Å². The van der Waals surface area contributed by atoms with E-state index in [0.717, 1.165) is 0 Å². The summed E-state index contributed by atoms with van der Waals surface area (Å²) in [5.41, 5.74) is -3.74. The minimum absolute atomic E-state index is 1.01. The molecule has 1 aromatic rings. The Kier molecular flexibility index (Phi) is 1.73. The molecule has 7 nitrogen and oxygen atoms in total. The molecule has 0 aliphatic heterocycles. The smallest absolute Gasteiger partial charge is 0.343 e. The number of hydrogen-bond donors (Lipinski definition) is 2. The van der Waals surface area contributed by atoms with Gasteiger partial charge in [-0.15, -0.1) is 0 Å². The summed E-state index contributed by atoms with van der Waals surface area (Å²) in [6.07, 6.45) is 0. The molecule has 0 spiro atoms. The fourth-order valence-corrected chi connectivity index (χ4v) is 0.902. The third-order valence-corrected chi connectivity index (χ3v) is 1.47. The number of nitro groups is 1. The number of nitro benzene ring substituents is 1. The van der Waals surface area contributed by atoms with Gasteiger partial charge in [-0.3, -0.25) is 10.1 Å². The van der Waals surface area contributed by atoms with E-state index in [1.54, 1.807) is 0 Å². The van der Waals surface area contributed by atoms with Gasteiger partial charge >= 0.3 is 11.9 Å². The molecule has 0 aromatic heterocycles. The zero-order valence-corrected chi connectivity index (χ0v) is 6.97. The maximum Gasteiger partial charge on any atom is 0.343 e. The molecule has 0 saturated carbocycles. The standard InChI is InChI=1S/C8H5NO6/c10-7(11)4-2-1-3-5(9(14)15)6(4)8(12)13/h1-3H,(H,10,11)(H,12,13)/i1D,2D,3D. The lowest BCUT2D eigenvalue weighted by Crippen LogP contribution is -2.10. The van der Waals surface area contributed by atoms with E-state index in [0.29, 0.717) is 0 Å². The number of carboxylic acids is 2. The second kappa shape index (κ2) is 3.74. The van der Waals surface area contributed by atoms with E-state index in [1.165, 1.54) is 0 Å². The first-order valence-corrected chi connectivity index (χ1v) is 3.44. The monoisotopic (exact) mass is 214 g/mol. The zero-order chi connectivity index (χ0) is 14.2. The number of carboxylic acid groups (broad SMARTS) is 2. The summed E-state index contributed by atoms with van der Waals surface area (Å²) >= 11 is 0. The molecule has 1 rings (SSSR count). The van der Waals surface area contributed by atoms with Gasteiger partial charge in [-0.2, -0.15) is 0 Å². The molecule has 0 aliphatic carbocycles. The van der Waals surface area contributed by atoms with Gasteiger partial charge in [0.25, 0.3) is 5.69 Å². The highest BCUT2D eigenvalue weighted by molar-refractivity contribution is 6.04. The number of hydrogen-bond acceptors (Lipinski definition) is 4.